The molecule has 0 radical (unpaired) electrons. The molecule has 7 heteroatoms. The zero-order valence-corrected chi connectivity index (χ0v) is 13.3. The molecule has 0 aliphatic rings. The van der Waals surface area contributed by atoms with Gasteiger partial charge in [-0.25, -0.2) is 0 Å². The highest BCUT2D eigenvalue weighted by Crippen LogP contribution is 2.22. The lowest BCUT2D eigenvalue weighted by Gasteiger charge is -2.06. The molecule has 0 saturated carbocycles. The number of nitriles is 1. The second-order valence-electron chi connectivity index (χ2n) is 5.00. The minimum atomic E-state index is -4.05. The first-order valence-corrected chi connectivity index (χ1v) is 8.49. The molecular weight excluding hydrogens is 326 g/mol. The summed E-state index contributed by atoms with van der Waals surface area (Å²) in [6, 6.07) is 17.6. The van der Waals surface area contributed by atoms with Crippen LogP contribution >= 0.6 is 0 Å². The van der Waals surface area contributed by atoms with Crippen molar-refractivity contribution >= 4 is 10.1 Å². The Labute approximate surface area is 139 Å². The Hall–Kier alpha value is -3.11. The van der Waals surface area contributed by atoms with E-state index < -0.39 is 10.1 Å². The Bertz CT molecular complexity index is 989. The van der Waals surface area contributed by atoms with E-state index in [0.29, 0.717) is 6.54 Å². The molecule has 0 spiro atoms. The molecular formula is C17H13N3O3S. The second-order valence-corrected chi connectivity index (χ2v) is 6.55. The van der Waals surface area contributed by atoms with Gasteiger partial charge in [-0.1, -0.05) is 42.5 Å². The van der Waals surface area contributed by atoms with Crippen molar-refractivity contribution in [2.75, 3.05) is 0 Å². The number of hydrogen-bond acceptors (Lipinski definition) is 5. The third-order valence-corrected chi connectivity index (χ3v) is 4.48. The van der Waals surface area contributed by atoms with E-state index >= 15 is 0 Å². The largest absolute Gasteiger partial charge is 0.377 e. The smallest absolute Gasteiger partial charge is 0.342 e. The Morgan fingerprint density at radius 2 is 1.79 bits per heavy atom. The molecule has 120 valence electrons. The first-order valence-electron chi connectivity index (χ1n) is 7.08. The summed E-state index contributed by atoms with van der Waals surface area (Å²) in [6.07, 6.45) is 2.63. The second kappa shape index (κ2) is 6.56. The van der Waals surface area contributed by atoms with E-state index in [1.165, 1.54) is 29.2 Å². The molecule has 0 aliphatic carbocycles. The zero-order chi connectivity index (χ0) is 17.0. The monoisotopic (exact) mass is 339 g/mol. The van der Waals surface area contributed by atoms with Gasteiger partial charge in [0.15, 0.2) is 5.75 Å². The molecule has 3 rings (SSSR count). The quantitative estimate of drug-likeness (QED) is 0.667. The minimum Gasteiger partial charge on any atom is -0.377 e. The van der Waals surface area contributed by atoms with Crippen LogP contribution < -0.4 is 4.18 Å². The average molecular weight is 339 g/mol. The molecule has 0 aliphatic heterocycles. The van der Waals surface area contributed by atoms with Crippen molar-refractivity contribution in [3.05, 3.63) is 78.1 Å². The molecule has 1 heterocycles. The fraction of sp³-hybridized carbons (Fsp3) is 0.0588. The highest BCUT2D eigenvalue weighted by molar-refractivity contribution is 7.87. The van der Waals surface area contributed by atoms with Gasteiger partial charge in [0.05, 0.1) is 18.3 Å². The van der Waals surface area contributed by atoms with Crippen molar-refractivity contribution in [1.29, 1.82) is 5.26 Å². The number of benzene rings is 2. The fourth-order valence-corrected chi connectivity index (χ4v) is 3.03. The van der Waals surface area contributed by atoms with Crippen LogP contribution in [0.3, 0.4) is 0 Å². The number of aromatic nitrogens is 2. The predicted octanol–water partition coefficient (Wildman–Crippen LogP) is 2.57. The number of hydrogen-bond donors (Lipinski definition) is 0. The molecule has 0 fully saturated rings. The molecule has 3 aromatic rings. The van der Waals surface area contributed by atoms with Crippen LogP contribution in [-0.4, -0.2) is 18.2 Å². The van der Waals surface area contributed by atoms with Gasteiger partial charge in [-0.3, -0.25) is 4.68 Å². The number of para-hydroxylation sites is 1. The van der Waals surface area contributed by atoms with Crippen LogP contribution in [0.5, 0.6) is 5.75 Å². The first kappa shape index (κ1) is 15.8. The molecule has 24 heavy (non-hydrogen) atoms. The first-order chi connectivity index (χ1) is 11.6. The van der Waals surface area contributed by atoms with Crippen LogP contribution in [0.1, 0.15) is 11.1 Å². The lowest BCUT2D eigenvalue weighted by molar-refractivity contribution is 0.485. The SMILES string of the molecule is N#Cc1ccccc1OS(=O)(=O)c1cnn(Cc2ccccc2)c1. The van der Waals surface area contributed by atoms with Gasteiger partial charge >= 0.3 is 10.1 Å². The Kier molecular flexibility index (Phi) is 4.31. The maximum atomic E-state index is 12.4. The van der Waals surface area contributed by atoms with Gasteiger partial charge in [-0.05, 0) is 17.7 Å². The van der Waals surface area contributed by atoms with Gasteiger partial charge in [-0.15, -0.1) is 0 Å². The summed E-state index contributed by atoms with van der Waals surface area (Å²) in [7, 11) is -4.05. The Balaban J connectivity index is 1.82. The van der Waals surface area contributed by atoms with E-state index in [2.05, 4.69) is 5.10 Å². The lowest BCUT2D eigenvalue weighted by atomic mass is 10.2. The summed E-state index contributed by atoms with van der Waals surface area (Å²) in [5.41, 5.74) is 1.15. The predicted molar refractivity (Wildman–Crippen MR) is 86.7 cm³/mol. The van der Waals surface area contributed by atoms with Gasteiger partial charge in [-0.2, -0.15) is 18.8 Å². The van der Waals surface area contributed by atoms with Crippen LogP contribution in [0.25, 0.3) is 0 Å². The van der Waals surface area contributed by atoms with Crippen LogP contribution in [-0.2, 0) is 16.7 Å². The maximum Gasteiger partial charge on any atom is 0.342 e. The zero-order valence-electron chi connectivity index (χ0n) is 12.5. The maximum absolute atomic E-state index is 12.4. The summed E-state index contributed by atoms with van der Waals surface area (Å²) >= 11 is 0. The summed E-state index contributed by atoms with van der Waals surface area (Å²) in [5, 5.41) is 13.1. The summed E-state index contributed by atoms with van der Waals surface area (Å²) in [4.78, 5) is -0.0637. The third kappa shape index (κ3) is 3.45. The van der Waals surface area contributed by atoms with Crippen molar-refractivity contribution in [2.24, 2.45) is 0 Å². The van der Waals surface area contributed by atoms with Gasteiger partial charge in [0.2, 0.25) is 0 Å². The van der Waals surface area contributed by atoms with Crippen molar-refractivity contribution in [3.63, 3.8) is 0 Å². The van der Waals surface area contributed by atoms with E-state index in [0.717, 1.165) is 5.56 Å². The Morgan fingerprint density at radius 3 is 2.54 bits per heavy atom. The van der Waals surface area contributed by atoms with Gasteiger partial charge in [0.25, 0.3) is 0 Å². The standard InChI is InChI=1S/C17H13N3O3S/c18-10-15-8-4-5-9-17(15)23-24(21,22)16-11-19-20(13-16)12-14-6-2-1-3-7-14/h1-9,11,13H,12H2. The highest BCUT2D eigenvalue weighted by atomic mass is 32.2. The van der Waals surface area contributed by atoms with Gasteiger partial charge in [0, 0.05) is 6.20 Å². The van der Waals surface area contributed by atoms with Crippen LogP contribution in [0.2, 0.25) is 0 Å². The molecule has 0 atom stereocenters. The van der Waals surface area contributed by atoms with Gasteiger partial charge in [0.1, 0.15) is 11.0 Å². The van der Waals surface area contributed by atoms with Crippen molar-refractivity contribution in [2.45, 2.75) is 11.4 Å². The van der Waals surface area contributed by atoms with Crippen LogP contribution in [0.15, 0.2) is 71.9 Å². The lowest BCUT2D eigenvalue weighted by Crippen LogP contribution is -2.10. The molecule has 6 nitrogen and oxygen atoms in total. The fourth-order valence-electron chi connectivity index (χ4n) is 2.13. The normalized spacial score (nSPS) is 11.0. The van der Waals surface area contributed by atoms with Crippen LogP contribution in [0, 0.1) is 11.3 Å². The summed E-state index contributed by atoms with van der Waals surface area (Å²) in [5.74, 6) is -0.00388. The number of rotatable bonds is 5. The summed E-state index contributed by atoms with van der Waals surface area (Å²) in [6.45, 7) is 0.450. The van der Waals surface area contributed by atoms with Crippen molar-refractivity contribution in [3.8, 4) is 11.8 Å². The number of nitrogens with zero attached hydrogens (tertiary/aromatic N) is 3. The topological polar surface area (TPSA) is 85.0 Å². The Morgan fingerprint density at radius 1 is 1.08 bits per heavy atom. The van der Waals surface area contributed by atoms with E-state index in [4.69, 9.17) is 9.44 Å². The van der Waals surface area contributed by atoms with E-state index in [1.807, 2.05) is 36.4 Å². The molecule has 0 N–H and O–H groups in total. The third-order valence-electron chi connectivity index (χ3n) is 3.29. The van der Waals surface area contributed by atoms with Crippen LogP contribution in [0.4, 0.5) is 0 Å². The summed E-state index contributed by atoms with van der Waals surface area (Å²) < 4.78 is 31.3. The van der Waals surface area contributed by atoms with Gasteiger partial charge < -0.3 is 4.18 Å². The van der Waals surface area contributed by atoms with E-state index in [-0.39, 0.29) is 16.2 Å². The molecule has 0 unspecified atom stereocenters. The average Bonchev–Trinajstić information content (AvgIpc) is 3.05. The molecule has 0 bridgehead atoms. The van der Waals surface area contributed by atoms with Crippen molar-refractivity contribution < 1.29 is 12.6 Å². The van der Waals surface area contributed by atoms with E-state index in [9.17, 15) is 8.42 Å². The minimum absolute atomic E-state index is 0.00388. The van der Waals surface area contributed by atoms with E-state index in [1.54, 1.807) is 12.1 Å². The molecule has 0 saturated heterocycles. The van der Waals surface area contributed by atoms with Crippen molar-refractivity contribution in [1.82, 2.24) is 9.78 Å². The highest BCUT2D eigenvalue weighted by Gasteiger charge is 2.20. The molecule has 1 aromatic heterocycles. The molecule has 0 amide bonds. The molecule has 2 aromatic carbocycles.